The molecule has 3 heterocycles. The molecule has 2 atom stereocenters. The van der Waals surface area contributed by atoms with Crippen molar-refractivity contribution < 1.29 is 38.1 Å². The number of piperidine rings is 2. The van der Waals surface area contributed by atoms with Crippen LogP contribution in [0.4, 0.5) is 4.39 Å². The van der Waals surface area contributed by atoms with E-state index in [9.17, 15) is 23.9 Å². The normalized spacial score (nSPS) is 22.1. The maximum atomic E-state index is 14.2. The number of carbonyl (C=O) groups excluding carboxylic acids is 2. The first kappa shape index (κ1) is 37.1. The Morgan fingerprint density at radius 3 is 2.13 bits per heavy atom. The van der Waals surface area contributed by atoms with E-state index in [-0.39, 0.29) is 17.6 Å². The molecule has 2 N–H and O–H groups in total. The van der Waals surface area contributed by atoms with Crippen molar-refractivity contribution in [3.8, 4) is 17.2 Å². The van der Waals surface area contributed by atoms with Crippen molar-refractivity contribution >= 4 is 17.8 Å². The number of halogens is 1. The summed E-state index contributed by atoms with van der Waals surface area (Å²) >= 11 is 0. The molecule has 278 valence electrons. The number of carboxylic acid groups (broad SMARTS) is 1. The molecule has 12 heteroatoms. The largest absolute Gasteiger partial charge is 0.493 e. The topological polar surface area (TPSA) is 121 Å². The highest BCUT2D eigenvalue weighted by Gasteiger charge is 2.46. The number of nitrogens with one attached hydrogen (secondary N) is 1. The Labute approximate surface area is 304 Å². The number of hydrazine groups is 1. The van der Waals surface area contributed by atoms with Gasteiger partial charge < -0.3 is 29.1 Å². The first-order valence-electron chi connectivity index (χ1n) is 18.1. The molecule has 3 fully saturated rings. The Morgan fingerprint density at radius 1 is 0.846 bits per heavy atom. The van der Waals surface area contributed by atoms with Gasteiger partial charge in [0.05, 0.1) is 26.7 Å². The lowest BCUT2D eigenvalue weighted by atomic mass is 9.71. The van der Waals surface area contributed by atoms with Gasteiger partial charge in [-0.3, -0.25) is 19.8 Å². The molecule has 0 spiro atoms. The number of nitrogens with zero attached hydrogens (tertiary/aromatic N) is 3. The van der Waals surface area contributed by atoms with Gasteiger partial charge in [0.25, 0.3) is 5.91 Å². The molecule has 3 aromatic carbocycles. The molecule has 2 unspecified atom stereocenters. The molecule has 3 aliphatic heterocycles. The van der Waals surface area contributed by atoms with E-state index in [2.05, 4.69) is 10.3 Å². The van der Waals surface area contributed by atoms with Crippen LogP contribution in [0.1, 0.15) is 66.4 Å². The highest BCUT2D eigenvalue weighted by atomic mass is 19.1. The Hall–Kier alpha value is -4.68. The van der Waals surface area contributed by atoms with Crippen LogP contribution in [0.3, 0.4) is 0 Å². The zero-order valence-corrected chi connectivity index (χ0v) is 30.2. The highest BCUT2D eigenvalue weighted by Crippen LogP contribution is 2.43. The van der Waals surface area contributed by atoms with Gasteiger partial charge in [-0.05, 0) is 100.0 Å². The summed E-state index contributed by atoms with van der Waals surface area (Å²) in [7, 11) is 4.55. The molecule has 3 saturated heterocycles. The summed E-state index contributed by atoms with van der Waals surface area (Å²) in [5.74, 6) is -0.337. The molecule has 0 saturated carbocycles. The molecule has 52 heavy (non-hydrogen) atoms. The molecule has 0 aliphatic carbocycles. The summed E-state index contributed by atoms with van der Waals surface area (Å²) in [6.45, 7) is 3.54. The molecule has 11 nitrogen and oxygen atoms in total. The van der Waals surface area contributed by atoms with Crippen LogP contribution >= 0.6 is 0 Å². The van der Waals surface area contributed by atoms with E-state index in [1.807, 2.05) is 47.4 Å². The van der Waals surface area contributed by atoms with Gasteiger partial charge in [-0.1, -0.05) is 42.5 Å². The van der Waals surface area contributed by atoms with Crippen molar-refractivity contribution in [3.63, 3.8) is 0 Å². The zero-order valence-electron chi connectivity index (χ0n) is 30.2. The Kier molecular flexibility index (Phi) is 11.4. The molecule has 3 aliphatic rings. The van der Waals surface area contributed by atoms with Crippen LogP contribution in [0.2, 0.25) is 0 Å². The second-order valence-corrected chi connectivity index (χ2v) is 14.2. The van der Waals surface area contributed by atoms with Crippen LogP contribution in [0.15, 0.2) is 66.7 Å². The third-order valence-corrected chi connectivity index (χ3v) is 11.4. The van der Waals surface area contributed by atoms with Gasteiger partial charge >= 0.3 is 5.97 Å². The monoisotopic (exact) mass is 716 g/mol. The van der Waals surface area contributed by atoms with Crippen molar-refractivity contribution in [2.75, 3.05) is 60.6 Å². The summed E-state index contributed by atoms with van der Waals surface area (Å²) in [5.41, 5.74) is 4.17. The minimum atomic E-state index is -0.922. The number of carbonyl (C=O) groups is 3. The summed E-state index contributed by atoms with van der Waals surface area (Å²) in [6.07, 6.45) is 4.74. The predicted molar refractivity (Wildman–Crippen MR) is 193 cm³/mol. The maximum Gasteiger partial charge on any atom is 0.322 e. The lowest BCUT2D eigenvalue weighted by Gasteiger charge is -2.44. The van der Waals surface area contributed by atoms with E-state index in [1.165, 1.54) is 33.5 Å². The smallest absolute Gasteiger partial charge is 0.322 e. The molecule has 0 aromatic heterocycles. The second-order valence-electron chi connectivity index (χ2n) is 14.2. The van der Waals surface area contributed by atoms with E-state index in [0.717, 1.165) is 36.9 Å². The van der Waals surface area contributed by atoms with Gasteiger partial charge in [0.15, 0.2) is 11.5 Å². The highest BCUT2D eigenvalue weighted by molar-refractivity contribution is 5.96. The fraction of sp³-hybridized carbons (Fsp3) is 0.475. The summed E-state index contributed by atoms with van der Waals surface area (Å²) in [5, 5.41) is 11.4. The number of carboxylic acids is 1. The van der Waals surface area contributed by atoms with Gasteiger partial charge in [0.2, 0.25) is 11.7 Å². The molecule has 6 rings (SSSR count). The fourth-order valence-electron chi connectivity index (χ4n) is 8.31. The van der Waals surface area contributed by atoms with Crippen LogP contribution in [0, 0.1) is 5.82 Å². The average Bonchev–Trinajstić information content (AvgIpc) is 3.62. The molecule has 2 amide bonds. The molecule has 0 bridgehead atoms. The van der Waals surface area contributed by atoms with Crippen molar-refractivity contribution in [1.82, 2.24) is 20.2 Å². The van der Waals surface area contributed by atoms with Gasteiger partial charge in [0, 0.05) is 30.6 Å². The number of methoxy groups -OCH3 is 3. The van der Waals surface area contributed by atoms with Crippen LogP contribution in [0.5, 0.6) is 17.2 Å². The molecule has 3 aromatic rings. The Morgan fingerprint density at radius 2 is 1.52 bits per heavy atom. The first-order valence-corrected chi connectivity index (χ1v) is 18.1. The molecular formula is C40H49FN4O7. The van der Waals surface area contributed by atoms with Crippen molar-refractivity contribution in [2.45, 2.75) is 61.8 Å². The fourth-order valence-corrected chi connectivity index (χ4v) is 8.31. The SMILES string of the molecule is COc1cc(C(=O)N2CCC(CCN3CCC(C(=O)NN4CCCCC4C(=O)O)(c4ccccc4)CC3)(c3ccc(F)cc3)C2)cc(OC)c1OC. The van der Waals surface area contributed by atoms with Crippen LogP contribution in [-0.4, -0.2) is 104 Å². The Bertz CT molecular complexity index is 1710. The summed E-state index contributed by atoms with van der Waals surface area (Å²) in [6, 6.07) is 19.0. The number of benzene rings is 3. The van der Waals surface area contributed by atoms with E-state index in [1.54, 1.807) is 17.1 Å². The van der Waals surface area contributed by atoms with Crippen LogP contribution in [-0.2, 0) is 20.4 Å². The third-order valence-electron chi connectivity index (χ3n) is 11.4. The predicted octanol–water partition coefficient (Wildman–Crippen LogP) is 5.03. The summed E-state index contributed by atoms with van der Waals surface area (Å²) in [4.78, 5) is 44.3. The number of likely N-dealkylation sites (tertiary alicyclic amines) is 2. The van der Waals surface area contributed by atoms with Crippen molar-refractivity contribution in [3.05, 3.63) is 89.2 Å². The van der Waals surface area contributed by atoms with Gasteiger partial charge in [-0.25, -0.2) is 9.40 Å². The number of rotatable bonds is 12. The summed E-state index contributed by atoms with van der Waals surface area (Å²) < 4.78 is 30.6. The standard InChI is InChI=1S/C40H49FN4O7/c1-50-33-25-28(26-34(51-2)35(33)52-3)36(46)44-24-17-39(27-44,29-12-14-31(41)15-13-29)16-21-43-22-18-40(19-23-43,30-9-5-4-6-10-30)38(49)42-45-20-8-7-11-32(45)37(47)48/h4-6,9-10,12-15,25-26,32H,7-8,11,16-24,27H2,1-3H3,(H,42,49)(H,47,48). The zero-order chi connectivity index (χ0) is 36.9. The number of amides is 2. The lowest BCUT2D eigenvalue weighted by molar-refractivity contribution is -0.149. The number of hydrogen-bond donors (Lipinski definition) is 2. The average molecular weight is 717 g/mol. The van der Waals surface area contributed by atoms with E-state index in [4.69, 9.17) is 14.2 Å². The Balaban J connectivity index is 1.19. The van der Waals surface area contributed by atoms with E-state index < -0.39 is 22.8 Å². The van der Waals surface area contributed by atoms with Gasteiger partial charge in [-0.15, -0.1) is 0 Å². The molecular weight excluding hydrogens is 667 g/mol. The molecule has 0 radical (unpaired) electrons. The van der Waals surface area contributed by atoms with E-state index in [0.29, 0.717) is 81.2 Å². The van der Waals surface area contributed by atoms with Gasteiger partial charge in [-0.2, -0.15) is 0 Å². The minimum absolute atomic E-state index is 0.154. The van der Waals surface area contributed by atoms with E-state index >= 15 is 0 Å². The van der Waals surface area contributed by atoms with Crippen molar-refractivity contribution in [2.24, 2.45) is 0 Å². The number of aliphatic carboxylic acids is 1. The lowest BCUT2D eigenvalue weighted by Crippen LogP contribution is -2.60. The van der Waals surface area contributed by atoms with Crippen LogP contribution < -0.4 is 19.6 Å². The van der Waals surface area contributed by atoms with Gasteiger partial charge in [0.1, 0.15) is 11.9 Å². The number of ether oxygens (including phenoxy) is 3. The maximum absolute atomic E-state index is 14.2. The first-order chi connectivity index (χ1) is 25.1. The van der Waals surface area contributed by atoms with Crippen LogP contribution in [0.25, 0.3) is 0 Å². The third kappa shape index (κ3) is 7.45. The second kappa shape index (κ2) is 15.9. The van der Waals surface area contributed by atoms with Crippen molar-refractivity contribution in [1.29, 1.82) is 0 Å². The minimum Gasteiger partial charge on any atom is -0.493 e. The quantitative estimate of drug-likeness (QED) is 0.266. The number of hydrogen-bond acceptors (Lipinski definition) is 8.